The van der Waals surface area contributed by atoms with Crippen molar-refractivity contribution in [3.05, 3.63) is 71.8 Å². The molecule has 0 heterocycles. The number of methoxy groups -OCH3 is 1. The van der Waals surface area contributed by atoms with Gasteiger partial charge in [-0.05, 0) is 55.1 Å². The van der Waals surface area contributed by atoms with Crippen LogP contribution < -0.4 is 20.1 Å². The van der Waals surface area contributed by atoms with Crippen molar-refractivity contribution >= 4 is 27.7 Å². The van der Waals surface area contributed by atoms with E-state index < -0.39 is 44.9 Å². The van der Waals surface area contributed by atoms with Gasteiger partial charge in [-0.3, -0.25) is 14.4 Å². The number of nitrogens with one attached hydrogen (secondary N) is 3. The average molecular weight is 643 g/mol. The molecule has 0 aromatic heterocycles. The van der Waals surface area contributed by atoms with Crippen LogP contribution in [0.4, 0.5) is 0 Å². The van der Waals surface area contributed by atoms with Crippen molar-refractivity contribution in [1.29, 1.82) is 0 Å². The van der Waals surface area contributed by atoms with Crippen molar-refractivity contribution < 1.29 is 27.5 Å². The third-order valence-electron chi connectivity index (χ3n) is 8.04. The number of carbonyl (C=O) groups is 3. The van der Waals surface area contributed by atoms with Crippen LogP contribution in [0.2, 0.25) is 0 Å². The zero-order valence-electron chi connectivity index (χ0n) is 28.4. The third kappa shape index (κ3) is 9.40. The van der Waals surface area contributed by atoms with Crippen LogP contribution in [0.15, 0.2) is 71.1 Å². The highest BCUT2D eigenvalue weighted by Crippen LogP contribution is 2.29. The van der Waals surface area contributed by atoms with Crippen molar-refractivity contribution in [1.82, 2.24) is 20.3 Å². The molecule has 2 aromatic carbocycles. The fourth-order valence-corrected chi connectivity index (χ4v) is 6.20. The summed E-state index contributed by atoms with van der Waals surface area (Å²) in [6.07, 6.45) is 1.58. The van der Waals surface area contributed by atoms with E-state index in [9.17, 15) is 22.8 Å². The first-order valence-electron chi connectivity index (χ1n) is 15.0. The molecule has 0 fully saturated rings. The van der Waals surface area contributed by atoms with Crippen LogP contribution in [-0.4, -0.2) is 70.4 Å². The number of hydrogen-bond donors (Lipinski definition) is 3. The summed E-state index contributed by atoms with van der Waals surface area (Å²) in [4.78, 5) is 42.3. The Hall–Kier alpha value is -3.70. The van der Waals surface area contributed by atoms with Crippen molar-refractivity contribution in [2.75, 3.05) is 21.2 Å². The minimum atomic E-state index is -4.14. The first kappa shape index (κ1) is 37.5. The summed E-state index contributed by atoms with van der Waals surface area (Å²) in [6, 6.07) is 13.3. The van der Waals surface area contributed by atoms with Gasteiger partial charge >= 0.3 is 0 Å². The Kier molecular flexibility index (Phi) is 12.5. The summed E-state index contributed by atoms with van der Waals surface area (Å²) >= 11 is 0. The Labute approximate surface area is 269 Å². The lowest BCUT2D eigenvalue weighted by atomic mass is 9.76. The maximum absolute atomic E-state index is 14.1. The van der Waals surface area contributed by atoms with E-state index in [0.717, 1.165) is 5.56 Å². The van der Waals surface area contributed by atoms with Gasteiger partial charge in [0.25, 0.3) is 15.9 Å². The van der Waals surface area contributed by atoms with Gasteiger partial charge in [-0.25, -0.2) is 13.1 Å². The zero-order valence-corrected chi connectivity index (χ0v) is 29.2. The number of hydrogen-bond acceptors (Lipinski definition) is 7. The van der Waals surface area contributed by atoms with E-state index in [1.54, 1.807) is 20.2 Å². The smallest absolute Gasteiger partial charge is 0.264 e. The third-order valence-corrected chi connectivity index (χ3v) is 9.39. The van der Waals surface area contributed by atoms with Gasteiger partial charge in [-0.15, -0.1) is 0 Å². The molecule has 0 aliphatic carbocycles. The van der Waals surface area contributed by atoms with E-state index in [2.05, 4.69) is 15.4 Å². The Morgan fingerprint density at radius 3 is 1.93 bits per heavy atom. The quantitative estimate of drug-likeness (QED) is 0.281. The van der Waals surface area contributed by atoms with Gasteiger partial charge in [0.05, 0.1) is 24.1 Å². The molecule has 2 rings (SSSR count). The van der Waals surface area contributed by atoms with Gasteiger partial charge in [0.15, 0.2) is 0 Å². The second-order valence-electron chi connectivity index (χ2n) is 13.3. The summed E-state index contributed by atoms with van der Waals surface area (Å²) in [5.41, 5.74) is -0.137. The van der Waals surface area contributed by atoms with E-state index in [1.807, 2.05) is 78.8 Å². The van der Waals surface area contributed by atoms with E-state index in [0.29, 0.717) is 5.75 Å². The predicted octanol–water partition coefficient (Wildman–Crippen LogP) is 4.03. The average Bonchev–Trinajstić information content (AvgIpc) is 2.97. The number of benzene rings is 2. The van der Waals surface area contributed by atoms with Crippen LogP contribution in [0.1, 0.15) is 61.0 Å². The van der Waals surface area contributed by atoms with Crippen LogP contribution in [0.3, 0.4) is 0 Å². The number of nitrogens with zero attached hydrogens (tertiary/aromatic N) is 1. The standard InChI is InChI=1S/C34H50N4O6S/c1-22(2)27(21-23(3)30(39)37-45(42,43)26-19-17-25(44-11)18-20-26)38(10)32(41)29(33(4,5)6)36-31(40)28(35-9)34(7,8)24-15-13-12-14-16-24/h12-22,27-29,35H,1-11H3,(H,36,40)(H,37,39)/b23-21+/t27-,28-,29?/m1/s1. The number of amides is 3. The summed E-state index contributed by atoms with van der Waals surface area (Å²) in [7, 11) is 0.668. The molecule has 10 nitrogen and oxygen atoms in total. The fraction of sp³-hybridized carbons (Fsp3) is 0.500. The van der Waals surface area contributed by atoms with E-state index in [1.165, 1.54) is 43.2 Å². The van der Waals surface area contributed by atoms with Gasteiger partial charge in [-0.1, -0.05) is 84.9 Å². The molecule has 0 radical (unpaired) electrons. The molecule has 2 aromatic rings. The van der Waals surface area contributed by atoms with E-state index in [-0.39, 0.29) is 28.2 Å². The normalized spacial score (nSPS) is 14.7. The molecule has 3 amide bonds. The van der Waals surface area contributed by atoms with Gasteiger partial charge in [0.2, 0.25) is 11.8 Å². The van der Waals surface area contributed by atoms with Crippen molar-refractivity contribution in [2.24, 2.45) is 11.3 Å². The van der Waals surface area contributed by atoms with Crippen molar-refractivity contribution in [3.63, 3.8) is 0 Å². The number of carbonyl (C=O) groups excluding carboxylic acids is 3. The first-order valence-corrected chi connectivity index (χ1v) is 16.5. The molecule has 11 heteroatoms. The van der Waals surface area contributed by atoms with Crippen molar-refractivity contribution in [2.45, 2.75) is 83.8 Å². The predicted molar refractivity (Wildman–Crippen MR) is 177 cm³/mol. The van der Waals surface area contributed by atoms with Crippen LogP contribution in [0.5, 0.6) is 5.75 Å². The molecule has 45 heavy (non-hydrogen) atoms. The maximum atomic E-state index is 14.1. The largest absolute Gasteiger partial charge is 0.497 e. The molecule has 3 N–H and O–H groups in total. The first-order chi connectivity index (χ1) is 20.8. The maximum Gasteiger partial charge on any atom is 0.264 e. The number of likely N-dealkylation sites (N-methyl/N-ethyl adjacent to an activating group) is 2. The minimum Gasteiger partial charge on any atom is -0.497 e. The molecule has 0 bridgehead atoms. The number of ether oxygens (including phenoxy) is 1. The molecule has 0 aliphatic rings. The van der Waals surface area contributed by atoms with Crippen LogP contribution in [0.25, 0.3) is 0 Å². The zero-order chi connectivity index (χ0) is 34.3. The van der Waals surface area contributed by atoms with Gasteiger partial charge in [0, 0.05) is 18.0 Å². The Morgan fingerprint density at radius 2 is 1.47 bits per heavy atom. The lowest BCUT2D eigenvalue weighted by Crippen LogP contribution is -2.61. The Morgan fingerprint density at radius 1 is 0.911 bits per heavy atom. The summed E-state index contributed by atoms with van der Waals surface area (Å²) < 4.78 is 32.9. The molecule has 0 saturated carbocycles. The van der Waals surface area contributed by atoms with Gasteiger partial charge < -0.3 is 20.3 Å². The second-order valence-corrected chi connectivity index (χ2v) is 14.9. The highest BCUT2D eigenvalue weighted by atomic mass is 32.2. The second kappa shape index (κ2) is 15.1. The molecular weight excluding hydrogens is 592 g/mol. The summed E-state index contributed by atoms with van der Waals surface area (Å²) in [5, 5.41) is 6.15. The molecule has 3 atom stereocenters. The lowest BCUT2D eigenvalue weighted by Gasteiger charge is -2.40. The molecule has 0 aliphatic heterocycles. The monoisotopic (exact) mass is 642 g/mol. The van der Waals surface area contributed by atoms with Crippen LogP contribution in [-0.2, 0) is 29.8 Å². The molecule has 248 valence electrons. The highest BCUT2D eigenvalue weighted by molar-refractivity contribution is 7.90. The summed E-state index contributed by atoms with van der Waals surface area (Å²) in [6.45, 7) is 14.9. The fourth-order valence-electron chi connectivity index (χ4n) is 5.18. The minimum absolute atomic E-state index is 0.0868. The SMILES string of the molecule is CN[C@H](C(=O)NC(C(=O)N(C)[C@H](/C=C(\C)C(=O)NS(=O)(=O)c1ccc(OC)cc1)C(C)C)C(C)(C)C)C(C)(C)c1ccccc1. The Bertz CT molecular complexity index is 1460. The van der Waals surface area contributed by atoms with Crippen LogP contribution >= 0.6 is 0 Å². The van der Waals surface area contributed by atoms with E-state index >= 15 is 0 Å². The summed E-state index contributed by atoms with van der Waals surface area (Å²) in [5.74, 6) is -1.12. The topological polar surface area (TPSA) is 134 Å². The van der Waals surface area contributed by atoms with Gasteiger partial charge in [-0.2, -0.15) is 0 Å². The van der Waals surface area contributed by atoms with E-state index in [4.69, 9.17) is 4.74 Å². The Balaban J connectivity index is 2.32. The molecule has 1 unspecified atom stereocenters. The number of rotatable bonds is 13. The molecular formula is C34H50N4O6S. The molecule has 0 spiro atoms. The van der Waals surface area contributed by atoms with Gasteiger partial charge in [0.1, 0.15) is 11.8 Å². The lowest BCUT2D eigenvalue weighted by molar-refractivity contribution is -0.140. The van der Waals surface area contributed by atoms with Crippen molar-refractivity contribution in [3.8, 4) is 5.75 Å². The molecule has 0 saturated heterocycles. The van der Waals surface area contributed by atoms with Crippen LogP contribution in [0, 0.1) is 11.3 Å². The number of sulfonamides is 1. The highest BCUT2D eigenvalue weighted by Gasteiger charge is 2.41.